The largest absolute Gasteiger partial charge is 0.387 e. The van der Waals surface area contributed by atoms with Crippen LogP contribution >= 0.6 is 0 Å². The molecule has 1 unspecified atom stereocenters. The SMILES string of the molecule is CS(=O)(=O)Cc1ccc(NC(=O)C2=NOC(c3ccccc3)C2)cc1. The van der Waals surface area contributed by atoms with Crippen LogP contribution < -0.4 is 5.32 Å². The minimum Gasteiger partial charge on any atom is -0.387 e. The molecule has 0 saturated carbocycles. The van der Waals surface area contributed by atoms with Gasteiger partial charge in [0.05, 0.1) is 5.75 Å². The Morgan fingerprint density at radius 3 is 2.48 bits per heavy atom. The molecule has 0 radical (unpaired) electrons. The molecule has 25 heavy (non-hydrogen) atoms. The second-order valence-corrected chi connectivity index (χ2v) is 8.11. The first-order valence-electron chi connectivity index (χ1n) is 7.76. The van der Waals surface area contributed by atoms with Crippen LogP contribution in [0.15, 0.2) is 59.8 Å². The van der Waals surface area contributed by atoms with E-state index in [-0.39, 0.29) is 17.8 Å². The second-order valence-electron chi connectivity index (χ2n) is 5.97. The van der Waals surface area contributed by atoms with Crippen molar-refractivity contribution in [2.24, 2.45) is 5.16 Å². The van der Waals surface area contributed by atoms with E-state index in [1.54, 1.807) is 24.3 Å². The molecular weight excluding hydrogens is 340 g/mol. The van der Waals surface area contributed by atoms with Crippen molar-refractivity contribution in [2.45, 2.75) is 18.3 Å². The Hall–Kier alpha value is -2.67. The van der Waals surface area contributed by atoms with Gasteiger partial charge in [0.15, 0.2) is 15.9 Å². The van der Waals surface area contributed by atoms with Crippen LogP contribution in [-0.2, 0) is 25.2 Å². The molecular formula is C18H18N2O4S. The molecule has 0 bridgehead atoms. The lowest BCUT2D eigenvalue weighted by Crippen LogP contribution is -2.21. The fourth-order valence-electron chi connectivity index (χ4n) is 2.55. The van der Waals surface area contributed by atoms with Crippen LogP contribution in [-0.4, -0.2) is 26.3 Å². The zero-order valence-corrected chi connectivity index (χ0v) is 14.5. The Labute approximate surface area is 146 Å². The first-order valence-corrected chi connectivity index (χ1v) is 9.82. The average molecular weight is 358 g/mol. The highest BCUT2D eigenvalue weighted by Crippen LogP contribution is 2.27. The summed E-state index contributed by atoms with van der Waals surface area (Å²) >= 11 is 0. The Morgan fingerprint density at radius 1 is 1.16 bits per heavy atom. The number of anilines is 1. The van der Waals surface area contributed by atoms with Gasteiger partial charge in [0.2, 0.25) is 0 Å². The molecule has 7 heteroatoms. The zero-order chi connectivity index (χ0) is 17.9. The van der Waals surface area contributed by atoms with Crippen molar-refractivity contribution in [3.05, 3.63) is 65.7 Å². The minimum atomic E-state index is -3.08. The molecule has 2 aromatic carbocycles. The summed E-state index contributed by atoms with van der Waals surface area (Å²) in [6, 6.07) is 16.3. The van der Waals surface area contributed by atoms with E-state index in [9.17, 15) is 13.2 Å². The van der Waals surface area contributed by atoms with Crippen LogP contribution in [0.1, 0.15) is 23.7 Å². The Morgan fingerprint density at radius 2 is 1.84 bits per heavy atom. The van der Waals surface area contributed by atoms with Crippen LogP contribution in [0.2, 0.25) is 0 Å². The number of hydrogen-bond donors (Lipinski definition) is 1. The highest BCUT2D eigenvalue weighted by molar-refractivity contribution is 7.89. The number of nitrogens with zero attached hydrogens (tertiary/aromatic N) is 1. The summed E-state index contributed by atoms with van der Waals surface area (Å²) in [7, 11) is -3.08. The van der Waals surface area contributed by atoms with E-state index in [0.29, 0.717) is 23.4 Å². The van der Waals surface area contributed by atoms with Crippen molar-refractivity contribution in [3.8, 4) is 0 Å². The van der Waals surface area contributed by atoms with Crippen molar-refractivity contribution in [2.75, 3.05) is 11.6 Å². The molecule has 2 aromatic rings. The summed E-state index contributed by atoms with van der Waals surface area (Å²) in [4.78, 5) is 17.6. The van der Waals surface area contributed by atoms with Crippen LogP contribution in [0.3, 0.4) is 0 Å². The lowest BCUT2D eigenvalue weighted by molar-refractivity contribution is -0.110. The summed E-state index contributed by atoms with van der Waals surface area (Å²) in [5.41, 5.74) is 2.55. The number of sulfone groups is 1. The smallest absolute Gasteiger partial charge is 0.273 e. The third-order valence-electron chi connectivity index (χ3n) is 3.74. The molecule has 1 aliphatic rings. The molecule has 130 valence electrons. The molecule has 0 aromatic heterocycles. The molecule has 0 aliphatic carbocycles. The number of oxime groups is 1. The maximum absolute atomic E-state index is 12.3. The number of amides is 1. The van der Waals surface area contributed by atoms with Crippen molar-refractivity contribution in [3.63, 3.8) is 0 Å². The molecule has 6 nitrogen and oxygen atoms in total. The Kier molecular flexibility index (Phi) is 4.85. The van der Waals surface area contributed by atoms with Crippen molar-refractivity contribution in [1.29, 1.82) is 0 Å². The third-order valence-corrected chi connectivity index (χ3v) is 4.60. The molecule has 1 aliphatic heterocycles. The molecule has 1 N–H and O–H groups in total. The number of hydrogen-bond acceptors (Lipinski definition) is 5. The maximum atomic E-state index is 12.3. The van der Waals surface area contributed by atoms with E-state index in [1.165, 1.54) is 6.26 Å². The van der Waals surface area contributed by atoms with Crippen molar-refractivity contribution in [1.82, 2.24) is 0 Å². The van der Waals surface area contributed by atoms with Crippen LogP contribution in [0.5, 0.6) is 0 Å². The van der Waals surface area contributed by atoms with Gasteiger partial charge in [-0.1, -0.05) is 47.6 Å². The first kappa shape index (κ1) is 17.2. The number of carbonyl (C=O) groups excluding carboxylic acids is 1. The predicted octanol–water partition coefficient (Wildman–Crippen LogP) is 2.69. The summed E-state index contributed by atoms with van der Waals surface area (Å²) in [6.07, 6.45) is 1.34. The fraction of sp³-hybridized carbons (Fsp3) is 0.222. The Balaban J connectivity index is 1.59. The van der Waals surface area contributed by atoms with Crippen molar-refractivity contribution < 1.29 is 18.0 Å². The van der Waals surface area contributed by atoms with Gasteiger partial charge in [-0.25, -0.2) is 8.42 Å². The summed E-state index contributed by atoms with van der Waals surface area (Å²) < 4.78 is 22.6. The quantitative estimate of drug-likeness (QED) is 0.890. The van der Waals surface area contributed by atoms with E-state index in [4.69, 9.17) is 4.84 Å². The van der Waals surface area contributed by atoms with E-state index in [2.05, 4.69) is 10.5 Å². The number of rotatable bonds is 5. The monoisotopic (exact) mass is 358 g/mol. The van der Waals surface area contributed by atoms with Gasteiger partial charge in [0.25, 0.3) is 5.91 Å². The van der Waals surface area contributed by atoms with Gasteiger partial charge in [-0.2, -0.15) is 0 Å². The number of nitrogens with one attached hydrogen (secondary N) is 1. The van der Waals surface area contributed by atoms with Crippen LogP contribution in [0.25, 0.3) is 0 Å². The van der Waals surface area contributed by atoms with Crippen LogP contribution in [0, 0.1) is 0 Å². The highest BCUT2D eigenvalue weighted by Gasteiger charge is 2.27. The number of carbonyl (C=O) groups is 1. The van der Waals surface area contributed by atoms with Crippen molar-refractivity contribution >= 4 is 27.1 Å². The van der Waals surface area contributed by atoms with Gasteiger partial charge in [0.1, 0.15) is 5.71 Å². The summed E-state index contributed by atoms with van der Waals surface area (Å²) in [5.74, 6) is -0.352. The van der Waals surface area contributed by atoms with E-state index in [0.717, 1.165) is 5.56 Å². The maximum Gasteiger partial charge on any atom is 0.273 e. The molecule has 1 amide bonds. The van der Waals surface area contributed by atoms with Gasteiger partial charge in [0, 0.05) is 18.4 Å². The normalized spacial score (nSPS) is 16.8. The molecule has 1 heterocycles. The van der Waals surface area contributed by atoms with Gasteiger partial charge >= 0.3 is 0 Å². The Bertz CT molecular complexity index is 890. The summed E-state index contributed by atoms with van der Waals surface area (Å²) in [5, 5.41) is 6.63. The molecule has 3 rings (SSSR count). The van der Waals surface area contributed by atoms with E-state index < -0.39 is 9.84 Å². The molecule has 0 saturated heterocycles. The molecule has 1 atom stereocenters. The summed E-state index contributed by atoms with van der Waals surface area (Å²) in [6.45, 7) is 0. The zero-order valence-electron chi connectivity index (χ0n) is 13.7. The number of benzene rings is 2. The predicted molar refractivity (Wildman–Crippen MR) is 95.9 cm³/mol. The highest BCUT2D eigenvalue weighted by atomic mass is 32.2. The first-order chi connectivity index (χ1) is 11.9. The molecule has 0 spiro atoms. The lowest BCUT2D eigenvalue weighted by atomic mass is 10.0. The van der Waals surface area contributed by atoms with Crippen LogP contribution in [0.4, 0.5) is 5.69 Å². The topological polar surface area (TPSA) is 84.8 Å². The minimum absolute atomic E-state index is 0.0273. The third kappa shape index (κ3) is 4.67. The standard InChI is InChI=1S/C18H18N2O4S/c1-25(22,23)12-13-7-9-15(10-8-13)19-18(21)16-11-17(24-20-16)14-5-3-2-4-6-14/h2-10,17H,11-12H2,1H3,(H,19,21). The van der Waals surface area contributed by atoms with Gasteiger partial charge in [-0.3, -0.25) is 4.79 Å². The van der Waals surface area contributed by atoms with E-state index >= 15 is 0 Å². The second kappa shape index (κ2) is 7.06. The lowest BCUT2D eigenvalue weighted by Gasteiger charge is -2.08. The van der Waals surface area contributed by atoms with E-state index in [1.807, 2.05) is 30.3 Å². The molecule has 0 fully saturated rings. The van der Waals surface area contributed by atoms with Gasteiger partial charge < -0.3 is 10.2 Å². The van der Waals surface area contributed by atoms with Gasteiger partial charge in [-0.05, 0) is 23.3 Å². The van der Waals surface area contributed by atoms with Gasteiger partial charge in [-0.15, -0.1) is 0 Å². The average Bonchev–Trinajstić information content (AvgIpc) is 3.06. The fourth-order valence-corrected chi connectivity index (χ4v) is 3.35.